The van der Waals surface area contributed by atoms with Crippen molar-refractivity contribution in [1.82, 2.24) is 0 Å². The van der Waals surface area contributed by atoms with Crippen molar-refractivity contribution in [3.05, 3.63) is 23.8 Å². The first kappa shape index (κ1) is 12.9. The number of hydrogen-bond donors (Lipinski definition) is 1. The molecule has 2 amide bonds. The summed E-state index contributed by atoms with van der Waals surface area (Å²) >= 11 is 0. The standard InChI is InChI=1S/C17H20N2O2/c20-16-13-5-1-2-6-14(13)17(21)19(16)12-7-8-15-11(10-12)4-3-9-18-15/h7-8,10,13-14,18H,1-6,9H2. The molecule has 4 rings (SSSR count). The molecule has 2 heterocycles. The van der Waals surface area contributed by atoms with Gasteiger partial charge in [-0.25, -0.2) is 0 Å². The van der Waals surface area contributed by atoms with E-state index in [4.69, 9.17) is 0 Å². The van der Waals surface area contributed by atoms with E-state index in [-0.39, 0.29) is 23.7 Å². The van der Waals surface area contributed by atoms with Gasteiger partial charge in [-0.15, -0.1) is 0 Å². The van der Waals surface area contributed by atoms with E-state index in [2.05, 4.69) is 5.32 Å². The number of nitrogens with zero attached hydrogens (tertiary/aromatic N) is 1. The molecule has 4 nitrogen and oxygen atoms in total. The Hall–Kier alpha value is -1.84. The van der Waals surface area contributed by atoms with Crippen LogP contribution in [0.1, 0.15) is 37.7 Å². The maximum absolute atomic E-state index is 12.6. The molecule has 1 aromatic carbocycles. The minimum absolute atomic E-state index is 0.0217. The maximum Gasteiger partial charge on any atom is 0.237 e. The van der Waals surface area contributed by atoms with Gasteiger partial charge in [-0.05, 0) is 49.4 Å². The number of imide groups is 1. The fourth-order valence-corrected chi connectivity index (χ4v) is 4.02. The van der Waals surface area contributed by atoms with E-state index < -0.39 is 0 Å². The molecule has 4 heteroatoms. The molecule has 110 valence electrons. The quantitative estimate of drug-likeness (QED) is 0.807. The van der Waals surface area contributed by atoms with Crippen LogP contribution in [-0.2, 0) is 16.0 Å². The molecule has 0 aromatic heterocycles. The van der Waals surface area contributed by atoms with Crippen LogP contribution in [-0.4, -0.2) is 18.4 Å². The van der Waals surface area contributed by atoms with Gasteiger partial charge in [-0.3, -0.25) is 14.5 Å². The molecular weight excluding hydrogens is 264 g/mol. The first-order valence-corrected chi connectivity index (χ1v) is 8.00. The Balaban J connectivity index is 1.69. The molecule has 2 unspecified atom stereocenters. The van der Waals surface area contributed by atoms with Crippen molar-refractivity contribution in [1.29, 1.82) is 0 Å². The highest BCUT2D eigenvalue weighted by Gasteiger charge is 2.48. The summed E-state index contributed by atoms with van der Waals surface area (Å²) in [6.07, 6.45) is 6.00. The maximum atomic E-state index is 12.6. The number of carbonyl (C=O) groups is 2. The predicted octanol–water partition coefficient (Wildman–Crippen LogP) is 2.72. The molecule has 21 heavy (non-hydrogen) atoms. The number of benzene rings is 1. The summed E-state index contributed by atoms with van der Waals surface area (Å²) in [6, 6.07) is 5.94. The Morgan fingerprint density at radius 3 is 2.43 bits per heavy atom. The van der Waals surface area contributed by atoms with Crippen LogP contribution in [0.4, 0.5) is 11.4 Å². The molecule has 3 aliphatic rings. The second-order valence-electron chi connectivity index (χ2n) is 6.38. The number of hydrogen-bond acceptors (Lipinski definition) is 3. The lowest BCUT2D eigenvalue weighted by Crippen LogP contribution is -2.31. The van der Waals surface area contributed by atoms with E-state index in [0.717, 1.165) is 56.4 Å². The van der Waals surface area contributed by atoms with Gasteiger partial charge in [-0.1, -0.05) is 12.8 Å². The molecule has 2 aliphatic heterocycles. The molecule has 0 radical (unpaired) electrons. The van der Waals surface area contributed by atoms with Crippen LogP contribution in [0, 0.1) is 11.8 Å². The van der Waals surface area contributed by atoms with Crippen molar-refractivity contribution in [2.24, 2.45) is 11.8 Å². The van der Waals surface area contributed by atoms with E-state index >= 15 is 0 Å². The lowest BCUT2D eigenvalue weighted by Gasteiger charge is -2.21. The zero-order valence-electron chi connectivity index (χ0n) is 12.1. The van der Waals surface area contributed by atoms with Crippen LogP contribution >= 0.6 is 0 Å². The number of fused-ring (bicyclic) bond motifs is 2. The van der Waals surface area contributed by atoms with Crippen molar-refractivity contribution in [3.63, 3.8) is 0 Å². The fourth-order valence-electron chi connectivity index (χ4n) is 4.02. The molecule has 1 saturated carbocycles. The molecule has 1 N–H and O–H groups in total. The van der Waals surface area contributed by atoms with Gasteiger partial charge in [0.2, 0.25) is 11.8 Å². The topological polar surface area (TPSA) is 49.4 Å². The lowest BCUT2D eigenvalue weighted by atomic mass is 9.81. The first-order valence-electron chi connectivity index (χ1n) is 8.00. The minimum Gasteiger partial charge on any atom is -0.385 e. The first-order chi connectivity index (χ1) is 10.3. The Labute approximate surface area is 124 Å². The third-order valence-corrected chi connectivity index (χ3v) is 5.13. The van der Waals surface area contributed by atoms with Gasteiger partial charge >= 0.3 is 0 Å². The Morgan fingerprint density at radius 2 is 1.71 bits per heavy atom. The van der Waals surface area contributed by atoms with Crippen LogP contribution in [0.15, 0.2) is 18.2 Å². The van der Waals surface area contributed by atoms with E-state index in [1.54, 1.807) is 0 Å². The van der Waals surface area contributed by atoms with E-state index in [1.165, 1.54) is 10.5 Å². The SMILES string of the molecule is O=C1C2CCCCC2C(=O)N1c1ccc2c(c1)CCCN2. The second kappa shape index (κ2) is 4.86. The van der Waals surface area contributed by atoms with Gasteiger partial charge in [0, 0.05) is 12.2 Å². The van der Waals surface area contributed by atoms with Crippen molar-refractivity contribution >= 4 is 23.2 Å². The van der Waals surface area contributed by atoms with Crippen molar-refractivity contribution in [2.45, 2.75) is 38.5 Å². The normalized spacial score (nSPS) is 28.1. The average molecular weight is 284 g/mol. The molecule has 1 aliphatic carbocycles. The van der Waals surface area contributed by atoms with Crippen LogP contribution in [0.3, 0.4) is 0 Å². The highest BCUT2D eigenvalue weighted by molar-refractivity contribution is 6.22. The molecular formula is C17H20N2O2. The lowest BCUT2D eigenvalue weighted by molar-refractivity contribution is -0.122. The fraction of sp³-hybridized carbons (Fsp3) is 0.529. The summed E-state index contributed by atoms with van der Waals surface area (Å²) in [6.45, 7) is 0.998. The van der Waals surface area contributed by atoms with Crippen molar-refractivity contribution in [2.75, 3.05) is 16.8 Å². The van der Waals surface area contributed by atoms with E-state index in [9.17, 15) is 9.59 Å². The molecule has 0 bridgehead atoms. The smallest absolute Gasteiger partial charge is 0.237 e. The molecule has 0 spiro atoms. The highest BCUT2D eigenvalue weighted by Crippen LogP contribution is 2.40. The third kappa shape index (κ3) is 1.96. The number of anilines is 2. The summed E-state index contributed by atoms with van der Waals surface area (Å²) in [5, 5.41) is 3.36. The van der Waals surface area contributed by atoms with Crippen LogP contribution < -0.4 is 10.2 Å². The second-order valence-corrected chi connectivity index (χ2v) is 6.38. The molecule has 1 saturated heterocycles. The van der Waals surface area contributed by atoms with Gasteiger partial charge < -0.3 is 5.32 Å². The van der Waals surface area contributed by atoms with Gasteiger partial charge in [0.05, 0.1) is 17.5 Å². The Kier molecular flexibility index (Phi) is 2.98. The third-order valence-electron chi connectivity index (χ3n) is 5.13. The number of amides is 2. The average Bonchev–Trinajstić information content (AvgIpc) is 2.79. The van der Waals surface area contributed by atoms with Crippen LogP contribution in [0.5, 0.6) is 0 Å². The summed E-state index contributed by atoms with van der Waals surface area (Å²) in [5.41, 5.74) is 3.12. The molecule has 2 atom stereocenters. The number of aryl methyl sites for hydroxylation is 1. The largest absolute Gasteiger partial charge is 0.385 e. The Bertz CT molecular complexity index is 587. The van der Waals surface area contributed by atoms with Crippen LogP contribution in [0.25, 0.3) is 0 Å². The molecule has 1 aromatic rings. The van der Waals surface area contributed by atoms with E-state index in [0.29, 0.717) is 0 Å². The summed E-state index contributed by atoms with van der Waals surface area (Å²) < 4.78 is 0. The monoisotopic (exact) mass is 284 g/mol. The summed E-state index contributed by atoms with van der Waals surface area (Å²) in [4.78, 5) is 26.7. The number of nitrogens with one attached hydrogen (secondary N) is 1. The van der Waals surface area contributed by atoms with Gasteiger partial charge in [-0.2, -0.15) is 0 Å². The van der Waals surface area contributed by atoms with Crippen molar-refractivity contribution < 1.29 is 9.59 Å². The molecule has 2 fully saturated rings. The van der Waals surface area contributed by atoms with Gasteiger partial charge in [0.15, 0.2) is 0 Å². The van der Waals surface area contributed by atoms with Crippen molar-refractivity contribution in [3.8, 4) is 0 Å². The summed E-state index contributed by atoms with van der Waals surface area (Å²) in [5.74, 6) is -0.0948. The van der Waals surface area contributed by atoms with Gasteiger partial charge in [0.25, 0.3) is 0 Å². The van der Waals surface area contributed by atoms with Gasteiger partial charge in [0.1, 0.15) is 0 Å². The number of rotatable bonds is 1. The van der Waals surface area contributed by atoms with Crippen LogP contribution in [0.2, 0.25) is 0 Å². The zero-order chi connectivity index (χ0) is 14.4. The highest BCUT2D eigenvalue weighted by atomic mass is 16.2. The summed E-state index contributed by atoms with van der Waals surface area (Å²) in [7, 11) is 0. The van der Waals surface area contributed by atoms with E-state index in [1.807, 2.05) is 18.2 Å². The predicted molar refractivity (Wildman–Crippen MR) is 81.2 cm³/mol. The zero-order valence-corrected chi connectivity index (χ0v) is 12.1. The Morgan fingerprint density at radius 1 is 1.00 bits per heavy atom. The number of carbonyl (C=O) groups excluding carboxylic acids is 2. The minimum atomic E-state index is -0.0691.